The fourth-order valence-electron chi connectivity index (χ4n) is 4.13. The Morgan fingerprint density at radius 3 is 2.84 bits per heavy atom. The molecular weight excluding hydrogens is 448 g/mol. The number of thioether (sulfide) groups is 1. The molecule has 7 nitrogen and oxygen atoms in total. The highest BCUT2D eigenvalue weighted by Crippen LogP contribution is 2.28. The Hall–Kier alpha value is -2.26. The lowest BCUT2D eigenvalue weighted by Gasteiger charge is -2.43. The second-order valence-electron chi connectivity index (χ2n) is 7.99. The van der Waals surface area contributed by atoms with Gasteiger partial charge in [0.1, 0.15) is 11.2 Å². The first-order valence-electron chi connectivity index (χ1n) is 10.6. The van der Waals surface area contributed by atoms with Crippen LogP contribution in [0.3, 0.4) is 0 Å². The van der Waals surface area contributed by atoms with Gasteiger partial charge in [-0.05, 0) is 30.2 Å². The second kappa shape index (κ2) is 10.6. The molecule has 0 aliphatic carbocycles. The van der Waals surface area contributed by atoms with Gasteiger partial charge in [-0.1, -0.05) is 41.9 Å². The summed E-state index contributed by atoms with van der Waals surface area (Å²) in [6.07, 6.45) is 0.901. The zero-order valence-corrected chi connectivity index (χ0v) is 19.4. The van der Waals surface area contributed by atoms with E-state index in [0.717, 1.165) is 26.1 Å². The zero-order valence-electron chi connectivity index (χ0n) is 17.8. The van der Waals surface area contributed by atoms with Crippen LogP contribution in [0, 0.1) is 5.92 Å². The second-order valence-corrected chi connectivity index (χ2v) is 9.49. The van der Waals surface area contributed by atoms with Gasteiger partial charge in [-0.2, -0.15) is 0 Å². The largest absolute Gasteiger partial charge is 0.495 e. The number of hydrogen-bond donors (Lipinski definition) is 3. The average molecular weight is 475 g/mol. The van der Waals surface area contributed by atoms with Gasteiger partial charge in [0.05, 0.1) is 23.8 Å². The number of nitrogens with one attached hydrogen (secondary N) is 3. The molecule has 3 atom stereocenters. The minimum Gasteiger partial charge on any atom is -0.495 e. The van der Waals surface area contributed by atoms with Gasteiger partial charge in [-0.15, -0.1) is 11.8 Å². The van der Waals surface area contributed by atoms with Gasteiger partial charge in [0.15, 0.2) is 0 Å². The molecule has 2 amide bonds. The molecule has 2 aliphatic heterocycles. The van der Waals surface area contributed by atoms with Crippen molar-refractivity contribution in [1.82, 2.24) is 15.5 Å². The van der Waals surface area contributed by atoms with E-state index in [1.165, 1.54) is 17.3 Å². The Bertz CT molecular complexity index is 962. The highest BCUT2D eigenvalue weighted by atomic mass is 35.5. The van der Waals surface area contributed by atoms with Gasteiger partial charge in [0.2, 0.25) is 11.8 Å². The number of carbonyl (C=O) groups excluding carboxylic acids is 2. The number of anilines is 1. The van der Waals surface area contributed by atoms with Crippen molar-refractivity contribution in [1.29, 1.82) is 0 Å². The normalized spacial score (nSPS) is 23.2. The van der Waals surface area contributed by atoms with Crippen molar-refractivity contribution in [2.24, 2.45) is 5.92 Å². The third-order valence-electron chi connectivity index (χ3n) is 5.74. The first-order chi connectivity index (χ1) is 15.5. The van der Waals surface area contributed by atoms with Crippen LogP contribution in [-0.4, -0.2) is 54.2 Å². The maximum atomic E-state index is 12.8. The molecule has 3 N–H and O–H groups in total. The van der Waals surface area contributed by atoms with E-state index in [4.69, 9.17) is 16.3 Å². The Morgan fingerprint density at radius 2 is 2.09 bits per heavy atom. The molecule has 32 heavy (non-hydrogen) atoms. The smallest absolute Gasteiger partial charge is 0.234 e. The number of nitrogens with zero attached hydrogens (tertiary/aromatic N) is 1. The summed E-state index contributed by atoms with van der Waals surface area (Å²) in [5, 5.41) is 9.77. The lowest BCUT2D eigenvalue weighted by Crippen LogP contribution is -2.64. The maximum Gasteiger partial charge on any atom is 0.234 e. The molecule has 0 bridgehead atoms. The van der Waals surface area contributed by atoms with Crippen molar-refractivity contribution in [2.75, 3.05) is 31.3 Å². The van der Waals surface area contributed by atoms with Crippen LogP contribution in [0.4, 0.5) is 5.69 Å². The van der Waals surface area contributed by atoms with E-state index in [9.17, 15) is 9.59 Å². The van der Waals surface area contributed by atoms with Gasteiger partial charge in [-0.3, -0.25) is 19.8 Å². The molecule has 2 aromatic rings. The molecular formula is C23H27ClN4O3S. The van der Waals surface area contributed by atoms with Crippen LogP contribution < -0.4 is 20.7 Å². The Balaban J connectivity index is 1.25. The Morgan fingerprint density at radius 1 is 1.28 bits per heavy atom. The van der Waals surface area contributed by atoms with Crippen molar-refractivity contribution < 1.29 is 14.3 Å². The summed E-state index contributed by atoms with van der Waals surface area (Å²) in [4.78, 5) is 27.4. The first-order valence-corrected chi connectivity index (χ1v) is 12.0. The van der Waals surface area contributed by atoms with E-state index < -0.39 is 0 Å². The summed E-state index contributed by atoms with van der Waals surface area (Å²) in [6.45, 7) is 2.52. The SMILES string of the molecule is COc1ccc(NC(=O)CSC2NC(=O)C3CN(Cc4ccccc4)CCC3N2)cc1Cl. The van der Waals surface area contributed by atoms with Crippen LogP contribution in [0.1, 0.15) is 12.0 Å². The van der Waals surface area contributed by atoms with E-state index in [-0.39, 0.29) is 35.0 Å². The predicted octanol–water partition coefficient (Wildman–Crippen LogP) is 2.91. The van der Waals surface area contributed by atoms with Crippen LogP contribution >= 0.6 is 23.4 Å². The number of carbonyl (C=O) groups is 2. The molecule has 0 radical (unpaired) electrons. The minimum absolute atomic E-state index is 0.0476. The number of ether oxygens (including phenoxy) is 1. The van der Waals surface area contributed by atoms with Gasteiger partial charge < -0.3 is 15.4 Å². The number of methoxy groups -OCH3 is 1. The third kappa shape index (κ3) is 5.75. The fourth-order valence-corrected chi connectivity index (χ4v) is 5.25. The van der Waals surface area contributed by atoms with Gasteiger partial charge >= 0.3 is 0 Å². The van der Waals surface area contributed by atoms with Crippen LogP contribution in [0.25, 0.3) is 0 Å². The lowest BCUT2D eigenvalue weighted by atomic mass is 9.89. The van der Waals surface area contributed by atoms with Crippen molar-refractivity contribution in [3.05, 3.63) is 59.1 Å². The highest BCUT2D eigenvalue weighted by Gasteiger charge is 2.39. The molecule has 2 fully saturated rings. The topological polar surface area (TPSA) is 82.7 Å². The molecule has 0 spiro atoms. The van der Waals surface area contributed by atoms with E-state index in [1.54, 1.807) is 25.3 Å². The van der Waals surface area contributed by atoms with Crippen molar-refractivity contribution in [3.63, 3.8) is 0 Å². The average Bonchev–Trinajstić information content (AvgIpc) is 2.79. The molecule has 3 unspecified atom stereocenters. The summed E-state index contributed by atoms with van der Waals surface area (Å²) >= 11 is 7.48. The maximum absolute atomic E-state index is 12.8. The Kier molecular flexibility index (Phi) is 7.57. The number of rotatable bonds is 7. The number of amides is 2. The summed E-state index contributed by atoms with van der Waals surface area (Å²) in [5.74, 6) is 0.564. The quantitative estimate of drug-likeness (QED) is 0.572. The standard InChI is InChI=1S/C23H27ClN4O3S/c1-31-20-8-7-16(11-18(20)24)25-21(29)14-32-23-26-19-9-10-28(13-17(19)22(30)27-23)12-15-5-3-2-4-6-15/h2-8,11,17,19,23,26H,9-10,12-14H2,1H3,(H,25,29)(H,27,30). The first kappa shape index (κ1) is 22.9. The minimum atomic E-state index is -0.283. The van der Waals surface area contributed by atoms with Crippen LogP contribution in [0.5, 0.6) is 5.75 Å². The Labute approximate surface area is 197 Å². The van der Waals surface area contributed by atoms with Crippen molar-refractivity contribution in [3.8, 4) is 5.75 Å². The third-order valence-corrected chi connectivity index (χ3v) is 7.05. The van der Waals surface area contributed by atoms with Gasteiger partial charge in [0.25, 0.3) is 0 Å². The van der Waals surface area contributed by atoms with Gasteiger partial charge in [0, 0.05) is 31.4 Å². The number of halogens is 1. The highest BCUT2D eigenvalue weighted by molar-refractivity contribution is 8.00. The number of fused-ring (bicyclic) bond motifs is 1. The molecule has 0 saturated carbocycles. The number of hydrogen-bond acceptors (Lipinski definition) is 6. The van der Waals surface area contributed by atoms with E-state index in [1.807, 2.05) is 18.2 Å². The van der Waals surface area contributed by atoms with Crippen LogP contribution in [0.15, 0.2) is 48.5 Å². The molecule has 4 rings (SSSR count). The lowest BCUT2D eigenvalue weighted by molar-refractivity contribution is -0.130. The molecule has 2 saturated heterocycles. The molecule has 170 valence electrons. The van der Waals surface area contributed by atoms with E-state index >= 15 is 0 Å². The van der Waals surface area contributed by atoms with Crippen molar-refractivity contribution >= 4 is 40.9 Å². The zero-order chi connectivity index (χ0) is 22.5. The molecule has 0 aromatic heterocycles. The van der Waals surface area contributed by atoms with E-state index in [2.05, 4.69) is 33.0 Å². The van der Waals surface area contributed by atoms with Crippen LogP contribution in [-0.2, 0) is 16.1 Å². The van der Waals surface area contributed by atoms with E-state index in [0.29, 0.717) is 16.5 Å². The number of benzene rings is 2. The molecule has 2 aromatic carbocycles. The number of piperidine rings is 1. The molecule has 2 aliphatic rings. The summed E-state index contributed by atoms with van der Waals surface area (Å²) in [5.41, 5.74) is 1.58. The fraction of sp³-hybridized carbons (Fsp3) is 0.391. The van der Waals surface area contributed by atoms with Crippen molar-refractivity contribution in [2.45, 2.75) is 24.5 Å². The molecule has 2 heterocycles. The van der Waals surface area contributed by atoms with Crippen LogP contribution in [0.2, 0.25) is 5.02 Å². The molecule has 9 heteroatoms. The summed E-state index contributed by atoms with van der Waals surface area (Å²) < 4.78 is 5.12. The summed E-state index contributed by atoms with van der Waals surface area (Å²) in [6, 6.07) is 15.5. The van der Waals surface area contributed by atoms with Gasteiger partial charge in [-0.25, -0.2) is 0 Å². The predicted molar refractivity (Wildman–Crippen MR) is 128 cm³/mol. The monoisotopic (exact) mass is 474 g/mol. The summed E-state index contributed by atoms with van der Waals surface area (Å²) in [7, 11) is 1.54. The number of likely N-dealkylation sites (tertiary alicyclic amines) is 1.